The van der Waals surface area contributed by atoms with Crippen LogP contribution < -0.4 is 5.73 Å². The topological polar surface area (TPSA) is 340 Å². The van der Waals surface area contributed by atoms with Crippen molar-refractivity contribution < 1.29 is 98.9 Å². The van der Waals surface area contributed by atoms with Crippen molar-refractivity contribution in [3.05, 3.63) is 12.7 Å². The molecule has 0 radical (unpaired) electrons. The molecule has 3 aliphatic heterocycles. The molecule has 58 heavy (non-hydrogen) atoms. The van der Waals surface area contributed by atoms with Gasteiger partial charge in [0.25, 0.3) is 0 Å². The van der Waals surface area contributed by atoms with Crippen molar-refractivity contribution in [1.29, 1.82) is 0 Å². The molecule has 3 saturated heterocycles. The summed E-state index contributed by atoms with van der Waals surface area (Å²) in [6.45, 7) is 6.30. The van der Waals surface area contributed by atoms with Crippen LogP contribution in [0, 0.1) is 0 Å². The molecule has 322 valence electrons. The van der Waals surface area contributed by atoms with Crippen LogP contribution in [0.1, 0.15) is 54.7 Å². The van der Waals surface area contributed by atoms with E-state index in [0.29, 0.717) is 0 Å². The standard InChI is InChI=1S/C30H41N5O21P2/c1-12(36)45-8-17(47-13(2)37)20-22(48-14(3)38)23(49-15(4)39)25(50-16(5)40)29(52-20)55-58(43,44)56-57(41,42)46-9-18-21-24(54-30(6,7)53-21)28(51-18)35-11-34-19-26(31)32-10-33-27(19)35/h10-11,17-18,20-25,28-29H,8-9H2,1-7H3,(H,41,42)(H,43,44)(H2,31,32,33)/t17-,18-,20?,21?,22-,23?,24?,25?,28-,29+/m1/s1. The van der Waals surface area contributed by atoms with Crippen LogP contribution in [0.25, 0.3) is 11.2 Å². The van der Waals surface area contributed by atoms with Crippen molar-refractivity contribution >= 4 is 62.5 Å². The number of carbonyl (C=O) groups is 5. The molecule has 0 aliphatic carbocycles. The van der Waals surface area contributed by atoms with Crippen LogP contribution in [-0.4, -0.2) is 133 Å². The van der Waals surface area contributed by atoms with Gasteiger partial charge in [-0.2, -0.15) is 4.31 Å². The molecule has 2 aromatic heterocycles. The molecule has 3 aliphatic rings. The maximum atomic E-state index is 13.4. The van der Waals surface area contributed by atoms with Crippen molar-refractivity contribution in [2.24, 2.45) is 0 Å². The molecule has 2 aromatic rings. The summed E-state index contributed by atoms with van der Waals surface area (Å²) in [6, 6.07) is 0. The van der Waals surface area contributed by atoms with E-state index in [1.54, 1.807) is 13.8 Å². The Morgan fingerprint density at radius 2 is 1.47 bits per heavy atom. The minimum absolute atomic E-state index is 0.0850. The van der Waals surface area contributed by atoms with Crippen LogP contribution in [0.4, 0.5) is 5.82 Å². The molecule has 28 heteroatoms. The van der Waals surface area contributed by atoms with E-state index in [4.69, 9.17) is 57.4 Å². The van der Waals surface area contributed by atoms with Gasteiger partial charge in [0.15, 0.2) is 47.9 Å². The number of anilines is 1. The summed E-state index contributed by atoms with van der Waals surface area (Å²) in [7, 11) is -11.5. The van der Waals surface area contributed by atoms with Crippen LogP contribution in [0.3, 0.4) is 0 Å². The number of phosphoric acid groups is 2. The smallest absolute Gasteiger partial charge is 0.462 e. The van der Waals surface area contributed by atoms with Gasteiger partial charge in [-0.15, -0.1) is 0 Å². The zero-order valence-electron chi connectivity index (χ0n) is 31.8. The monoisotopic (exact) mass is 869 g/mol. The maximum absolute atomic E-state index is 13.4. The summed E-state index contributed by atoms with van der Waals surface area (Å²) in [4.78, 5) is 94.2. The second kappa shape index (κ2) is 17.6. The molecule has 4 N–H and O–H groups in total. The van der Waals surface area contributed by atoms with Crippen molar-refractivity contribution in [1.82, 2.24) is 19.5 Å². The lowest BCUT2D eigenvalue weighted by molar-refractivity contribution is -0.301. The van der Waals surface area contributed by atoms with E-state index in [-0.39, 0.29) is 17.0 Å². The fourth-order valence-electron chi connectivity index (χ4n) is 6.34. The summed E-state index contributed by atoms with van der Waals surface area (Å²) in [5.74, 6) is -6.16. The lowest BCUT2D eigenvalue weighted by atomic mass is 9.94. The number of phosphoric ester groups is 2. The largest absolute Gasteiger partial charge is 0.483 e. The van der Waals surface area contributed by atoms with E-state index < -0.39 is 126 Å². The van der Waals surface area contributed by atoms with Gasteiger partial charge < -0.3 is 58.2 Å². The predicted molar refractivity (Wildman–Crippen MR) is 183 cm³/mol. The number of hydrogen-bond acceptors (Lipinski definition) is 23. The number of imidazole rings is 1. The van der Waals surface area contributed by atoms with E-state index in [0.717, 1.165) is 34.6 Å². The van der Waals surface area contributed by atoms with Gasteiger partial charge in [-0.3, -0.25) is 37.6 Å². The Hall–Kier alpha value is -4.20. The fourth-order valence-corrected chi connectivity index (χ4v) is 8.50. The highest BCUT2D eigenvalue weighted by atomic mass is 31.3. The van der Waals surface area contributed by atoms with Crippen molar-refractivity contribution in [2.45, 2.75) is 116 Å². The van der Waals surface area contributed by atoms with Crippen LogP contribution >= 0.6 is 15.6 Å². The third-order valence-electron chi connectivity index (χ3n) is 8.20. The summed E-state index contributed by atoms with van der Waals surface area (Å²) in [6.07, 6.45) is -13.3. The molecule has 7 unspecified atom stereocenters. The SMILES string of the molecule is CC(=O)OC[C@@H](OC(C)=O)C1O[C@@H](OP(=O)(O)OP(=O)(O)OC[C@H]2O[C@@H](n3cnc4c(N)ncnc43)C3OC(C)(C)OC32)C(OC(C)=O)C(OC(C)=O)[C@@H]1OC(C)=O. The second-order valence-electron chi connectivity index (χ2n) is 13.3. The molecule has 0 aromatic carbocycles. The molecule has 0 saturated carbocycles. The number of nitrogen functional groups attached to an aromatic ring is 1. The van der Waals surface area contributed by atoms with Gasteiger partial charge in [0.2, 0.25) is 6.29 Å². The molecule has 3 fully saturated rings. The lowest BCUT2D eigenvalue weighted by Gasteiger charge is -2.45. The van der Waals surface area contributed by atoms with Crippen LogP contribution in [0.5, 0.6) is 0 Å². The highest BCUT2D eigenvalue weighted by Gasteiger charge is 2.59. The number of hydrogen-bond donors (Lipinski definition) is 3. The fraction of sp³-hybridized carbons (Fsp3) is 0.667. The van der Waals surface area contributed by atoms with E-state index >= 15 is 0 Å². The van der Waals surface area contributed by atoms with Crippen molar-refractivity contribution in [3.63, 3.8) is 0 Å². The molecule has 26 nitrogen and oxygen atoms in total. The van der Waals surface area contributed by atoms with Gasteiger partial charge in [-0.25, -0.2) is 24.1 Å². The number of carbonyl (C=O) groups excluding carboxylic acids is 5. The van der Waals surface area contributed by atoms with Crippen molar-refractivity contribution in [2.75, 3.05) is 18.9 Å². The first-order chi connectivity index (χ1) is 27.0. The average molecular weight is 870 g/mol. The van der Waals surface area contributed by atoms with Crippen LogP contribution in [0.15, 0.2) is 12.7 Å². The first-order valence-electron chi connectivity index (χ1n) is 17.1. The third-order valence-corrected chi connectivity index (χ3v) is 10.8. The normalized spacial score (nSPS) is 30.3. The van der Waals surface area contributed by atoms with E-state index in [9.17, 15) is 42.9 Å². The number of esters is 5. The number of fused-ring (bicyclic) bond motifs is 2. The van der Waals surface area contributed by atoms with E-state index in [1.165, 1.54) is 17.2 Å². The van der Waals surface area contributed by atoms with E-state index in [2.05, 4.69) is 19.3 Å². The number of nitrogens with zero attached hydrogens (tertiary/aromatic N) is 4. The van der Waals surface area contributed by atoms with Crippen molar-refractivity contribution in [3.8, 4) is 0 Å². The second-order valence-corrected chi connectivity index (χ2v) is 16.3. The summed E-state index contributed by atoms with van der Waals surface area (Å²) in [5.41, 5.74) is 6.43. The Kier molecular flexibility index (Phi) is 13.6. The predicted octanol–water partition coefficient (Wildman–Crippen LogP) is 0.0914. The van der Waals surface area contributed by atoms with Crippen LogP contribution in [-0.2, 0) is 89.1 Å². The average Bonchev–Trinajstić information content (AvgIpc) is 3.74. The number of ether oxygens (including phenoxy) is 9. The number of nitrogens with two attached hydrogens (primary N) is 1. The summed E-state index contributed by atoms with van der Waals surface area (Å²) in [5, 5.41) is 0. The highest BCUT2D eigenvalue weighted by molar-refractivity contribution is 7.61. The molecule has 12 atom stereocenters. The van der Waals surface area contributed by atoms with Gasteiger partial charge in [-0.05, 0) is 13.8 Å². The number of rotatable bonds is 15. The Morgan fingerprint density at radius 1 is 0.845 bits per heavy atom. The lowest BCUT2D eigenvalue weighted by Crippen LogP contribution is -2.65. The minimum Gasteiger partial charge on any atom is -0.462 e. The molecular weight excluding hydrogens is 828 g/mol. The van der Waals surface area contributed by atoms with Gasteiger partial charge in [-0.1, -0.05) is 0 Å². The molecule has 0 spiro atoms. The van der Waals surface area contributed by atoms with Gasteiger partial charge in [0.05, 0.1) is 12.9 Å². The van der Waals surface area contributed by atoms with Crippen LogP contribution in [0.2, 0.25) is 0 Å². The quantitative estimate of drug-likeness (QED) is 0.121. The first kappa shape index (κ1) is 44.9. The molecule has 0 bridgehead atoms. The molecule has 5 heterocycles. The zero-order chi connectivity index (χ0) is 42.9. The summed E-state index contributed by atoms with van der Waals surface area (Å²) < 4.78 is 92.6. The highest BCUT2D eigenvalue weighted by Crippen LogP contribution is 2.62. The first-order valence-corrected chi connectivity index (χ1v) is 20.1. The van der Waals surface area contributed by atoms with Gasteiger partial charge in [0.1, 0.15) is 42.9 Å². The Labute approximate surface area is 327 Å². The zero-order valence-corrected chi connectivity index (χ0v) is 33.5. The Balaban J connectivity index is 1.38. The number of aromatic nitrogens is 4. The maximum Gasteiger partial charge on any atom is 0.483 e. The Morgan fingerprint density at radius 3 is 2.09 bits per heavy atom. The van der Waals surface area contributed by atoms with Gasteiger partial charge in [0, 0.05) is 34.6 Å². The minimum atomic E-state index is -5.91. The summed E-state index contributed by atoms with van der Waals surface area (Å²) >= 11 is 0. The molecule has 5 rings (SSSR count). The molecular formula is C30H41N5O21P2. The molecule has 0 amide bonds. The van der Waals surface area contributed by atoms with Gasteiger partial charge >= 0.3 is 45.5 Å². The third kappa shape index (κ3) is 10.9. The Bertz CT molecular complexity index is 2000. The van der Waals surface area contributed by atoms with E-state index in [1.807, 2.05) is 0 Å².